The van der Waals surface area contributed by atoms with Crippen LogP contribution < -0.4 is 0 Å². The molecule has 1 atom stereocenters. The third-order valence-electron chi connectivity index (χ3n) is 1.78. The van der Waals surface area contributed by atoms with Crippen molar-refractivity contribution in [3.05, 3.63) is 6.92 Å². The lowest BCUT2D eigenvalue weighted by atomic mass is 9.99. The molecule has 0 spiro atoms. The van der Waals surface area contributed by atoms with Gasteiger partial charge in [0, 0.05) is 5.88 Å². The van der Waals surface area contributed by atoms with Crippen molar-refractivity contribution >= 4 is 11.6 Å². The highest BCUT2D eigenvalue weighted by atomic mass is 35.5. The molecule has 10 heavy (non-hydrogen) atoms. The minimum Gasteiger partial charge on any atom is -0.126 e. The summed E-state index contributed by atoms with van der Waals surface area (Å²) in [5, 5.41) is 0. The normalized spacial score (nSPS) is 13.5. The van der Waals surface area contributed by atoms with Gasteiger partial charge in [0.25, 0.3) is 0 Å². The van der Waals surface area contributed by atoms with Crippen molar-refractivity contribution in [2.45, 2.75) is 39.0 Å². The summed E-state index contributed by atoms with van der Waals surface area (Å²) in [6.07, 6.45) is 6.09. The van der Waals surface area contributed by atoms with Gasteiger partial charge in [-0.2, -0.15) is 0 Å². The van der Waals surface area contributed by atoms with Crippen LogP contribution in [0, 0.1) is 12.8 Å². The fourth-order valence-electron chi connectivity index (χ4n) is 1.14. The van der Waals surface area contributed by atoms with E-state index in [1.165, 1.54) is 25.7 Å². The van der Waals surface area contributed by atoms with E-state index < -0.39 is 0 Å². The summed E-state index contributed by atoms with van der Waals surface area (Å²) < 4.78 is 0. The molecule has 0 fully saturated rings. The first-order valence-corrected chi connectivity index (χ1v) is 4.73. The zero-order valence-electron chi connectivity index (χ0n) is 6.91. The molecule has 0 saturated heterocycles. The molecule has 0 rings (SSSR count). The van der Waals surface area contributed by atoms with Gasteiger partial charge in [0.1, 0.15) is 0 Å². The van der Waals surface area contributed by atoms with Crippen LogP contribution in [-0.2, 0) is 0 Å². The topological polar surface area (TPSA) is 0 Å². The van der Waals surface area contributed by atoms with E-state index in [2.05, 4.69) is 13.8 Å². The second-order valence-corrected chi connectivity index (χ2v) is 3.11. The van der Waals surface area contributed by atoms with Gasteiger partial charge in [-0.3, -0.25) is 0 Å². The first-order valence-electron chi connectivity index (χ1n) is 4.20. The van der Waals surface area contributed by atoms with E-state index >= 15 is 0 Å². The molecule has 1 radical (unpaired) electrons. The number of halogens is 1. The van der Waals surface area contributed by atoms with Crippen LogP contribution in [0.4, 0.5) is 0 Å². The van der Waals surface area contributed by atoms with E-state index in [1.807, 2.05) is 0 Å². The second kappa shape index (κ2) is 7.40. The smallest absolute Gasteiger partial charge is 0.0251 e. The Bertz CT molecular complexity index is 61.7. The molecular formula is C9H18Cl. The van der Waals surface area contributed by atoms with Gasteiger partial charge in [-0.15, -0.1) is 11.6 Å². The molecule has 1 heteroatoms. The van der Waals surface area contributed by atoms with Gasteiger partial charge >= 0.3 is 0 Å². The molecule has 0 amide bonds. The lowest BCUT2D eigenvalue weighted by Crippen LogP contribution is -2.00. The molecule has 0 heterocycles. The molecule has 0 bridgehead atoms. The van der Waals surface area contributed by atoms with Gasteiger partial charge in [0.05, 0.1) is 0 Å². The summed E-state index contributed by atoms with van der Waals surface area (Å²) in [5.41, 5.74) is 0. The highest BCUT2D eigenvalue weighted by Gasteiger charge is 2.03. The summed E-state index contributed by atoms with van der Waals surface area (Å²) in [6, 6.07) is 0. The highest BCUT2D eigenvalue weighted by Crippen LogP contribution is 2.15. The fraction of sp³-hybridized carbons (Fsp3) is 0.889. The molecule has 0 aliphatic heterocycles. The standard InChI is InChI=1S/C9H18Cl/c1-3-5-7-9(8-10)6-4-2/h9H,1,3-8H2,2H3. The Kier molecular flexibility index (Phi) is 7.61. The van der Waals surface area contributed by atoms with Crippen molar-refractivity contribution in [1.29, 1.82) is 0 Å². The first-order chi connectivity index (χ1) is 4.85. The van der Waals surface area contributed by atoms with Gasteiger partial charge in [-0.05, 0) is 18.8 Å². The Hall–Kier alpha value is 0.290. The van der Waals surface area contributed by atoms with Crippen molar-refractivity contribution in [1.82, 2.24) is 0 Å². The average molecular weight is 162 g/mol. The molecular weight excluding hydrogens is 144 g/mol. The summed E-state index contributed by atoms with van der Waals surface area (Å²) in [5.74, 6) is 1.57. The van der Waals surface area contributed by atoms with E-state index in [4.69, 9.17) is 11.6 Å². The third-order valence-corrected chi connectivity index (χ3v) is 2.21. The van der Waals surface area contributed by atoms with Crippen LogP contribution in [0.25, 0.3) is 0 Å². The minimum absolute atomic E-state index is 0.744. The van der Waals surface area contributed by atoms with Gasteiger partial charge in [0.2, 0.25) is 0 Å². The van der Waals surface area contributed by atoms with E-state index in [-0.39, 0.29) is 0 Å². The quantitative estimate of drug-likeness (QED) is 0.522. The van der Waals surface area contributed by atoms with Crippen LogP contribution in [0.2, 0.25) is 0 Å². The zero-order chi connectivity index (χ0) is 7.82. The second-order valence-electron chi connectivity index (χ2n) is 2.80. The predicted molar refractivity (Wildman–Crippen MR) is 48.3 cm³/mol. The van der Waals surface area contributed by atoms with Gasteiger partial charge in [-0.25, -0.2) is 0 Å². The van der Waals surface area contributed by atoms with E-state index in [0.717, 1.165) is 18.2 Å². The molecule has 0 N–H and O–H groups in total. The summed E-state index contributed by atoms with van der Waals surface area (Å²) >= 11 is 5.76. The molecule has 0 aromatic carbocycles. The van der Waals surface area contributed by atoms with Crippen molar-refractivity contribution in [2.24, 2.45) is 5.92 Å². The van der Waals surface area contributed by atoms with Crippen LogP contribution in [-0.4, -0.2) is 5.88 Å². The lowest BCUT2D eigenvalue weighted by molar-refractivity contribution is 0.476. The van der Waals surface area contributed by atoms with Crippen LogP contribution in [0.15, 0.2) is 0 Å². The Balaban J connectivity index is 3.21. The SMILES string of the molecule is [CH2]CCCC(CCl)CCC. The monoisotopic (exact) mass is 161 g/mol. The molecule has 1 unspecified atom stereocenters. The first kappa shape index (κ1) is 10.3. The highest BCUT2D eigenvalue weighted by molar-refractivity contribution is 6.18. The van der Waals surface area contributed by atoms with Crippen LogP contribution >= 0.6 is 11.6 Å². The number of unbranched alkanes of at least 4 members (excludes halogenated alkanes) is 1. The van der Waals surface area contributed by atoms with Crippen LogP contribution in [0.3, 0.4) is 0 Å². The van der Waals surface area contributed by atoms with E-state index in [1.54, 1.807) is 0 Å². The third kappa shape index (κ3) is 5.10. The summed E-state index contributed by atoms with van der Waals surface area (Å²) in [7, 11) is 0. The molecule has 0 saturated carbocycles. The average Bonchev–Trinajstić information content (AvgIpc) is 1.98. The van der Waals surface area contributed by atoms with Gasteiger partial charge in [-0.1, -0.05) is 33.1 Å². The minimum atomic E-state index is 0.744. The lowest BCUT2D eigenvalue weighted by Gasteiger charge is -2.10. The maximum absolute atomic E-state index is 5.76. The summed E-state index contributed by atoms with van der Waals surface area (Å²) in [6.45, 7) is 6.02. The molecule has 0 aromatic rings. The molecule has 0 aliphatic rings. The fourth-order valence-corrected chi connectivity index (χ4v) is 1.45. The Morgan fingerprint density at radius 2 is 2.10 bits per heavy atom. The number of hydrogen-bond donors (Lipinski definition) is 0. The maximum atomic E-state index is 5.76. The van der Waals surface area contributed by atoms with Crippen LogP contribution in [0.5, 0.6) is 0 Å². The molecule has 0 aliphatic carbocycles. The summed E-state index contributed by atoms with van der Waals surface area (Å²) in [4.78, 5) is 0. The Morgan fingerprint density at radius 3 is 2.50 bits per heavy atom. The van der Waals surface area contributed by atoms with E-state index in [0.29, 0.717) is 0 Å². The predicted octanol–water partition coefficient (Wildman–Crippen LogP) is 3.65. The number of alkyl halides is 1. The Labute approximate surface area is 70.0 Å². The van der Waals surface area contributed by atoms with Crippen molar-refractivity contribution in [3.8, 4) is 0 Å². The molecule has 0 aromatic heterocycles. The zero-order valence-corrected chi connectivity index (χ0v) is 7.66. The Morgan fingerprint density at radius 1 is 1.40 bits per heavy atom. The number of hydrogen-bond acceptors (Lipinski definition) is 0. The maximum Gasteiger partial charge on any atom is 0.0251 e. The van der Waals surface area contributed by atoms with Gasteiger partial charge < -0.3 is 0 Å². The largest absolute Gasteiger partial charge is 0.126 e. The molecule has 61 valence electrons. The molecule has 0 nitrogen and oxygen atoms in total. The van der Waals surface area contributed by atoms with Crippen LogP contribution in [0.1, 0.15) is 39.0 Å². The van der Waals surface area contributed by atoms with Crippen molar-refractivity contribution in [2.75, 3.05) is 5.88 Å². The van der Waals surface area contributed by atoms with Crippen molar-refractivity contribution < 1.29 is 0 Å². The number of rotatable bonds is 6. The van der Waals surface area contributed by atoms with Crippen molar-refractivity contribution in [3.63, 3.8) is 0 Å². The van der Waals surface area contributed by atoms with E-state index in [9.17, 15) is 0 Å². The van der Waals surface area contributed by atoms with Gasteiger partial charge in [0.15, 0.2) is 0 Å².